The number of sulfonamides is 1. The van der Waals surface area contributed by atoms with Crippen LogP contribution in [0.2, 0.25) is 10.0 Å². The molecule has 4 heterocycles. The van der Waals surface area contributed by atoms with Gasteiger partial charge in [-0.1, -0.05) is 29.3 Å². The maximum Gasteiger partial charge on any atom is 0.213 e. The Kier molecular flexibility index (Phi) is 8.41. The van der Waals surface area contributed by atoms with Crippen molar-refractivity contribution in [3.8, 4) is 0 Å². The second kappa shape index (κ2) is 11.5. The first-order chi connectivity index (χ1) is 18.5. The van der Waals surface area contributed by atoms with E-state index in [1.807, 2.05) is 29.9 Å². The molecule has 12 heteroatoms. The molecule has 2 fully saturated rings. The smallest absolute Gasteiger partial charge is 0.213 e. The van der Waals surface area contributed by atoms with Crippen LogP contribution < -0.4 is 9.62 Å². The van der Waals surface area contributed by atoms with Crippen LogP contribution in [0.1, 0.15) is 50.9 Å². The Morgan fingerprint density at radius 1 is 1.13 bits per heavy atom. The molecule has 1 unspecified atom stereocenters. The summed E-state index contributed by atoms with van der Waals surface area (Å²) in [5.74, 6) is 2.06. The van der Waals surface area contributed by atoms with E-state index in [1.54, 1.807) is 19.9 Å². The van der Waals surface area contributed by atoms with Gasteiger partial charge in [0.15, 0.2) is 5.65 Å². The second-order valence-corrected chi connectivity index (χ2v) is 14.3. The zero-order valence-corrected chi connectivity index (χ0v) is 25.3. The molecule has 1 N–H and O–H groups in total. The highest BCUT2D eigenvalue weighted by atomic mass is 35.5. The highest BCUT2D eigenvalue weighted by Crippen LogP contribution is 2.35. The average Bonchev–Trinajstić information content (AvgIpc) is 3.19. The molecule has 2 aliphatic heterocycles. The number of likely N-dealkylation sites (tertiary alicyclic amines) is 1. The van der Waals surface area contributed by atoms with Crippen molar-refractivity contribution in [2.75, 3.05) is 44.2 Å². The lowest BCUT2D eigenvalue weighted by Gasteiger charge is -2.47. The third kappa shape index (κ3) is 6.05. The number of rotatable bonds is 9. The maximum atomic E-state index is 12.0. The number of halogens is 2. The van der Waals surface area contributed by atoms with E-state index in [-0.39, 0.29) is 6.04 Å². The van der Waals surface area contributed by atoms with Gasteiger partial charge in [0.1, 0.15) is 11.3 Å². The fourth-order valence-corrected chi connectivity index (χ4v) is 6.90. The Bertz CT molecular complexity index is 1440. The van der Waals surface area contributed by atoms with E-state index >= 15 is 0 Å². The molecule has 1 aromatic carbocycles. The van der Waals surface area contributed by atoms with Gasteiger partial charge in [-0.05, 0) is 76.6 Å². The van der Waals surface area contributed by atoms with Gasteiger partial charge in [-0.3, -0.25) is 0 Å². The quantitative estimate of drug-likeness (QED) is 0.389. The molecule has 3 aromatic rings. The molecule has 2 aromatic heterocycles. The molecule has 39 heavy (non-hydrogen) atoms. The topological polar surface area (TPSA) is 96.3 Å². The van der Waals surface area contributed by atoms with Crippen molar-refractivity contribution >= 4 is 50.2 Å². The number of hydrogen-bond donors (Lipinski definition) is 1. The zero-order chi connectivity index (χ0) is 27.9. The van der Waals surface area contributed by atoms with Crippen molar-refractivity contribution < 1.29 is 8.42 Å². The number of aromatic nitrogens is 4. The fourth-order valence-electron chi connectivity index (χ4n) is 5.63. The highest BCUT2D eigenvalue weighted by Gasteiger charge is 2.36. The first-order valence-corrected chi connectivity index (χ1v) is 16.0. The van der Waals surface area contributed by atoms with Gasteiger partial charge in [-0.25, -0.2) is 27.8 Å². The Morgan fingerprint density at radius 2 is 1.90 bits per heavy atom. The van der Waals surface area contributed by atoms with Gasteiger partial charge in [0.05, 0.1) is 23.2 Å². The van der Waals surface area contributed by atoms with E-state index in [9.17, 15) is 8.42 Å². The van der Waals surface area contributed by atoms with Gasteiger partial charge < -0.3 is 9.80 Å². The van der Waals surface area contributed by atoms with Gasteiger partial charge in [-0.2, -0.15) is 5.10 Å². The average molecular weight is 595 g/mol. The number of aryl methyl sites for hydroxylation is 1. The third-order valence-electron chi connectivity index (χ3n) is 8.13. The summed E-state index contributed by atoms with van der Waals surface area (Å²) in [5, 5.41) is 5.55. The van der Waals surface area contributed by atoms with Crippen molar-refractivity contribution in [1.82, 2.24) is 29.4 Å². The molecule has 5 rings (SSSR count). The van der Waals surface area contributed by atoms with Crippen LogP contribution in [-0.2, 0) is 10.0 Å². The highest BCUT2D eigenvalue weighted by molar-refractivity contribution is 7.90. The van der Waals surface area contributed by atoms with Crippen LogP contribution in [0.15, 0.2) is 24.4 Å². The maximum absolute atomic E-state index is 12.0. The van der Waals surface area contributed by atoms with Crippen LogP contribution in [0.5, 0.6) is 0 Å². The minimum absolute atomic E-state index is 0.127. The van der Waals surface area contributed by atoms with Crippen molar-refractivity contribution in [3.05, 3.63) is 45.7 Å². The number of fused-ring (bicyclic) bond motifs is 1. The summed E-state index contributed by atoms with van der Waals surface area (Å²) >= 11 is 12.6. The standard InChI is InChI=1S/C27H37Cl2N7O2S/c1-17(2)39(37,38)31-9-11-34-10-5-6-20(14-34)21-15-35(16-21)25-13-30-26-18(3)33-36(27(26)32-25)19(4)23-8-7-22(28)12-24(23)29/h7-8,12-13,17,19-21,31H,5-6,9-11,14-16H2,1-4H3/t19?,20-/m1/s1. The van der Waals surface area contributed by atoms with Crippen LogP contribution >= 0.6 is 23.2 Å². The Hall–Kier alpha value is -1.98. The lowest BCUT2D eigenvalue weighted by atomic mass is 9.80. The minimum atomic E-state index is -3.22. The summed E-state index contributed by atoms with van der Waals surface area (Å²) in [6, 6.07) is 5.40. The molecular formula is C27H37Cl2N7O2S. The number of hydrogen-bond acceptors (Lipinski definition) is 7. The molecule has 0 bridgehead atoms. The molecule has 2 atom stereocenters. The van der Waals surface area contributed by atoms with Crippen molar-refractivity contribution in [3.63, 3.8) is 0 Å². The van der Waals surface area contributed by atoms with Gasteiger partial charge in [0.2, 0.25) is 10.0 Å². The molecule has 2 saturated heterocycles. The number of benzene rings is 1. The van der Waals surface area contributed by atoms with Crippen molar-refractivity contribution in [1.29, 1.82) is 0 Å². The Labute approximate surface area is 240 Å². The summed E-state index contributed by atoms with van der Waals surface area (Å²) in [6.07, 6.45) is 4.21. The molecule has 0 saturated carbocycles. The van der Waals surface area contributed by atoms with Crippen molar-refractivity contribution in [2.45, 2.75) is 51.8 Å². The van der Waals surface area contributed by atoms with E-state index in [1.165, 1.54) is 6.42 Å². The SMILES string of the molecule is Cc1nn(C(C)c2ccc(Cl)cc2Cl)c2nc(N3CC([C@@H]4CCCN(CCNS(=O)(=O)C(C)C)C4)C3)cnc12. The monoisotopic (exact) mass is 593 g/mol. The molecule has 0 aliphatic carbocycles. The summed E-state index contributed by atoms with van der Waals surface area (Å²) < 4.78 is 28.7. The number of anilines is 1. The summed E-state index contributed by atoms with van der Waals surface area (Å²) in [5.41, 5.74) is 3.31. The predicted molar refractivity (Wildman–Crippen MR) is 157 cm³/mol. The van der Waals surface area contributed by atoms with Crippen LogP contribution in [-0.4, -0.2) is 77.6 Å². The van der Waals surface area contributed by atoms with Crippen LogP contribution in [0.4, 0.5) is 5.82 Å². The van der Waals surface area contributed by atoms with E-state index < -0.39 is 15.3 Å². The fraction of sp³-hybridized carbons (Fsp3) is 0.593. The van der Waals surface area contributed by atoms with Crippen molar-refractivity contribution in [2.24, 2.45) is 11.8 Å². The molecular weight excluding hydrogens is 557 g/mol. The first-order valence-electron chi connectivity index (χ1n) is 13.7. The van der Waals surface area contributed by atoms with Crippen LogP contribution in [0.3, 0.4) is 0 Å². The minimum Gasteiger partial charge on any atom is -0.355 e. The van der Waals surface area contributed by atoms with E-state index in [2.05, 4.69) is 21.4 Å². The summed E-state index contributed by atoms with van der Waals surface area (Å²) in [4.78, 5) is 14.4. The molecule has 0 spiro atoms. The first kappa shape index (κ1) is 28.5. The van der Waals surface area contributed by atoms with Gasteiger partial charge in [0, 0.05) is 42.8 Å². The van der Waals surface area contributed by atoms with E-state index in [0.717, 1.165) is 67.4 Å². The number of nitrogens with zero attached hydrogens (tertiary/aromatic N) is 6. The molecule has 0 radical (unpaired) electrons. The largest absolute Gasteiger partial charge is 0.355 e. The summed E-state index contributed by atoms with van der Waals surface area (Å²) in [7, 11) is -3.22. The Balaban J connectivity index is 1.23. The molecule has 9 nitrogen and oxygen atoms in total. The van der Waals surface area contributed by atoms with E-state index in [0.29, 0.717) is 28.4 Å². The molecule has 2 aliphatic rings. The second-order valence-electron chi connectivity index (χ2n) is 11.1. The van der Waals surface area contributed by atoms with Gasteiger partial charge in [-0.15, -0.1) is 0 Å². The predicted octanol–water partition coefficient (Wildman–Crippen LogP) is 4.53. The number of nitrogens with one attached hydrogen (secondary N) is 1. The van der Waals surface area contributed by atoms with E-state index in [4.69, 9.17) is 38.3 Å². The molecule has 212 valence electrons. The van der Waals surface area contributed by atoms with Crippen LogP contribution in [0, 0.1) is 18.8 Å². The zero-order valence-electron chi connectivity index (χ0n) is 22.9. The van der Waals surface area contributed by atoms with Crippen LogP contribution in [0.25, 0.3) is 11.2 Å². The number of piperidine rings is 1. The molecule has 0 amide bonds. The van der Waals surface area contributed by atoms with Gasteiger partial charge in [0.25, 0.3) is 0 Å². The lowest BCUT2D eigenvalue weighted by molar-refractivity contribution is 0.121. The lowest BCUT2D eigenvalue weighted by Crippen LogP contribution is -2.54. The Morgan fingerprint density at radius 3 is 2.62 bits per heavy atom. The normalized spacial score (nSPS) is 20.1. The van der Waals surface area contributed by atoms with Gasteiger partial charge >= 0.3 is 0 Å². The summed E-state index contributed by atoms with van der Waals surface area (Å²) in [6.45, 7) is 12.6. The third-order valence-corrected chi connectivity index (χ3v) is 10.5.